The van der Waals surface area contributed by atoms with Crippen molar-refractivity contribution in [1.29, 1.82) is 0 Å². The lowest BCUT2D eigenvalue weighted by Crippen LogP contribution is -2.26. The number of ether oxygens (including phenoxy) is 2. The zero-order valence-corrected chi connectivity index (χ0v) is 15.9. The van der Waals surface area contributed by atoms with Gasteiger partial charge in [-0.2, -0.15) is 0 Å². The summed E-state index contributed by atoms with van der Waals surface area (Å²) >= 11 is 0. The predicted molar refractivity (Wildman–Crippen MR) is 103 cm³/mol. The Bertz CT molecular complexity index is 572. The molecular formula is C20H30N2O5. The van der Waals surface area contributed by atoms with Crippen molar-refractivity contribution in [2.75, 3.05) is 26.3 Å². The topological polar surface area (TPSA) is 96.9 Å². The number of hydroxylamine groups is 1. The van der Waals surface area contributed by atoms with Crippen molar-refractivity contribution < 1.29 is 24.3 Å². The van der Waals surface area contributed by atoms with Crippen molar-refractivity contribution >= 4 is 18.0 Å². The lowest BCUT2D eigenvalue weighted by molar-refractivity contribution is -0.142. The van der Waals surface area contributed by atoms with Gasteiger partial charge < -0.3 is 14.8 Å². The molecule has 0 aliphatic heterocycles. The zero-order valence-electron chi connectivity index (χ0n) is 15.9. The van der Waals surface area contributed by atoms with Gasteiger partial charge in [0.25, 0.3) is 5.91 Å². The van der Waals surface area contributed by atoms with E-state index in [1.165, 1.54) is 24.4 Å². The van der Waals surface area contributed by atoms with Crippen LogP contribution in [0, 0.1) is 0 Å². The highest BCUT2D eigenvalue weighted by Gasteiger charge is 2.01. The van der Waals surface area contributed by atoms with Gasteiger partial charge in [0.1, 0.15) is 5.75 Å². The maximum absolute atomic E-state index is 11.5. The van der Waals surface area contributed by atoms with Crippen molar-refractivity contribution in [2.45, 2.75) is 39.0 Å². The van der Waals surface area contributed by atoms with Crippen LogP contribution in [0.2, 0.25) is 0 Å². The van der Waals surface area contributed by atoms with Gasteiger partial charge in [-0.3, -0.25) is 14.8 Å². The van der Waals surface area contributed by atoms with Gasteiger partial charge in [0, 0.05) is 6.08 Å². The highest BCUT2D eigenvalue weighted by molar-refractivity contribution is 5.90. The van der Waals surface area contributed by atoms with E-state index >= 15 is 0 Å². The fourth-order valence-electron chi connectivity index (χ4n) is 2.23. The second-order valence-electron chi connectivity index (χ2n) is 6.04. The molecule has 0 bridgehead atoms. The van der Waals surface area contributed by atoms with Crippen LogP contribution in [0.1, 0.15) is 44.6 Å². The molecule has 7 nitrogen and oxygen atoms in total. The minimum absolute atomic E-state index is 0.217. The number of nitrogens with one attached hydrogen (secondary N) is 2. The summed E-state index contributed by atoms with van der Waals surface area (Å²) in [5.74, 6) is -0.0700. The molecule has 1 amide bonds. The van der Waals surface area contributed by atoms with Crippen molar-refractivity contribution in [1.82, 2.24) is 10.8 Å². The predicted octanol–water partition coefficient (Wildman–Crippen LogP) is 2.69. The van der Waals surface area contributed by atoms with Crippen LogP contribution in [0.15, 0.2) is 30.3 Å². The summed E-state index contributed by atoms with van der Waals surface area (Å²) in [6.45, 7) is 4.06. The van der Waals surface area contributed by atoms with Crippen LogP contribution in [-0.2, 0) is 14.3 Å². The summed E-state index contributed by atoms with van der Waals surface area (Å²) in [4.78, 5) is 22.4. The summed E-state index contributed by atoms with van der Waals surface area (Å²) in [5, 5.41) is 11.5. The Morgan fingerprint density at radius 3 is 2.56 bits per heavy atom. The first-order valence-corrected chi connectivity index (χ1v) is 9.37. The van der Waals surface area contributed by atoms with Gasteiger partial charge >= 0.3 is 5.97 Å². The molecule has 0 spiro atoms. The van der Waals surface area contributed by atoms with Crippen molar-refractivity contribution in [3.63, 3.8) is 0 Å². The van der Waals surface area contributed by atoms with Crippen molar-refractivity contribution in [3.8, 4) is 5.75 Å². The van der Waals surface area contributed by atoms with Crippen LogP contribution < -0.4 is 15.5 Å². The normalized spacial score (nSPS) is 10.7. The van der Waals surface area contributed by atoms with E-state index in [0.29, 0.717) is 19.8 Å². The molecule has 1 rings (SSSR count). The SMILES string of the molecule is CCCCCCOC(=O)CNCCCOc1ccc(/C=C/C(=O)NO)cc1. The number of carbonyl (C=O) groups excluding carboxylic acids is 2. The molecule has 0 heterocycles. The smallest absolute Gasteiger partial charge is 0.319 e. The molecule has 0 radical (unpaired) electrons. The molecule has 0 fully saturated rings. The first-order chi connectivity index (χ1) is 13.2. The molecule has 0 atom stereocenters. The number of hydrogen-bond donors (Lipinski definition) is 3. The van der Waals surface area contributed by atoms with Crippen LogP contribution in [-0.4, -0.2) is 43.4 Å². The maximum atomic E-state index is 11.5. The Morgan fingerprint density at radius 2 is 1.85 bits per heavy atom. The van der Waals surface area contributed by atoms with Crippen LogP contribution in [0.5, 0.6) is 5.75 Å². The first kappa shape index (κ1) is 22.7. The Kier molecular flexibility index (Phi) is 12.4. The van der Waals surface area contributed by atoms with Crippen LogP contribution in [0.3, 0.4) is 0 Å². The molecule has 1 aromatic rings. The fourth-order valence-corrected chi connectivity index (χ4v) is 2.23. The van der Waals surface area contributed by atoms with Crippen LogP contribution in [0.4, 0.5) is 0 Å². The molecule has 1 aromatic carbocycles. The van der Waals surface area contributed by atoms with Gasteiger partial charge in [0.15, 0.2) is 0 Å². The Hall–Kier alpha value is -2.38. The highest BCUT2D eigenvalue weighted by Crippen LogP contribution is 2.13. The number of unbranched alkanes of at least 4 members (excludes halogenated alkanes) is 3. The number of hydrogen-bond acceptors (Lipinski definition) is 6. The fraction of sp³-hybridized carbons (Fsp3) is 0.500. The van der Waals surface area contributed by atoms with Crippen LogP contribution in [0.25, 0.3) is 6.08 Å². The van der Waals surface area contributed by atoms with Gasteiger partial charge in [-0.15, -0.1) is 0 Å². The molecule has 27 heavy (non-hydrogen) atoms. The lowest BCUT2D eigenvalue weighted by Gasteiger charge is -2.08. The second-order valence-corrected chi connectivity index (χ2v) is 6.04. The third kappa shape index (κ3) is 11.8. The zero-order chi connectivity index (χ0) is 19.7. The summed E-state index contributed by atoms with van der Waals surface area (Å²) in [6.07, 6.45) is 7.96. The summed E-state index contributed by atoms with van der Waals surface area (Å²) in [5.41, 5.74) is 2.35. The second kappa shape index (κ2) is 14.8. The number of amides is 1. The highest BCUT2D eigenvalue weighted by atomic mass is 16.5. The molecule has 0 saturated heterocycles. The first-order valence-electron chi connectivity index (χ1n) is 9.37. The summed E-state index contributed by atoms with van der Waals surface area (Å²) in [7, 11) is 0. The molecule has 3 N–H and O–H groups in total. The quantitative estimate of drug-likeness (QED) is 0.151. The maximum Gasteiger partial charge on any atom is 0.319 e. The van der Waals surface area contributed by atoms with Crippen molar-refractivity contribution in [2.24, 2.45) is 0 Å². The Balaban J connectivity index is 2.07. The van der Waals surface area contributed by atoms with Crippen molar-refractivity contribution in [3.05, 3.63) is 35.9 Å². The molecule has 0 saturated carbocycles. The Morgan fingerprint density at radius 1 is 1.07 bits per heavy atom. The third-order valence-corrected chi connectivity index (χ3v) is 3.71. The Labute approximate surface area is 160 Å². The van der Waals surface area contributed by atoms with Crippen LogP contribution >= 0.6 is 0 Å². The molecule has 0 aliphatic rings. The molecule has 0 aromatic heterocycles. The van der Waals surface area contributed by atoms with E-state index in [9.17, 15) is 9.59 Å². The average molecular weight is 378 g/mol. The molecule has 150 valence electrons. The summed E-state index contributed by atoms with van der Waals surface area (Å²) in [6, 6.07) is 7.23. The molecule has 0 aliphatic carbocycles. The lowest BCUT2D eigenvalue weighted by atomic mass is 10.2. The minimum Gasteiger partial charge on any atom is -0.494 e. The van der Waals surface area contributed by atoms with Gasteiger partial charge in [0.05, 0.1) is 19.8 Å². The summed E-state index contributed by atoms with van der Waals surface area (Å²) < 4.78 is 10.8. The van der Waals surface area contributed by atoms with E-state index in [1.54, 1.807) is 18.2 Å². The number of benzene rings is 1. The van der Waals surface area contributed by atoms with Gasteiger partial charge in [0.2, 0.25) is 0 Å². The van der Waals surface area contributed by atoms with E-state index in [2.05, 4.69) is 12.2 Å². The number of esters is 1. The van der Waals surface area contributed by atoms with E-state index in [-0.39, 0.29) is 12.5 Å². The van der Waals surface area contributed by atoms with E-state index in [0.717, 1.165) is 30.6 Å². The van der Waals surface area contributed by atoms with E-state index in [4.69, 9.17) is 14.7 Å². The third-order valence-electron chi connectivity index (χ3n) is 3.71. The largest absolute Gasteiger partial charge is 0.494 e. The van der Waals surface area contributed by atoms with Gasteiger partial charge in [-0.25, -0.2) is 5.48 Å². The standard InChI is InChI=1S/C20H30N2O5/c1-2-3-4-5-14-27-20(24)16-21-13-6-15-26-18-10-7-17(8-11-18)9-12-19(23)22-25/h7-12,21,25H,2-6,13-16H2,1H3,(H,22,23)/b12-9+. The number of carbonyl (C=O) groups is 2. The molecule has 7 heteroatoms. The van der Waals surface area contributed by atoms with E-state index in [1.807, 2.05) is 12.1 Å². The van der Waals surface area contributed by atoms with E-state index < -0.39 is 5.91 Å². The average Bonchev–Trinajstić information content (AvgIpc) is 2.69. The number of rotatable bonds is 14. The van der Waals surface area contributed by atoms with Gasteiger partial charge in [-0.1, -0.05) is 38.3 Å². The minimum atomic E-state index is -0.580. The molecule has 0 unspecified atom stereocenters. The molecular weight excluding hydrogens is 348 g/mol. The monoisotopic (exact) mass is 378 g/mol. The van der Waals surface area contributed by atoms with Gasteiger partial charge in [-0.05, 0) is 43.2 Å².